The minimum Gasteiger partial charge on any atom is -0.487 e. The summed E-state index contributed by atoms with van der Waals surface area (Å²) in [6, 6.07) is 18.5. The molecule has 0 bridgehead atoms. The largest absolute Gasteiger partial charge is 0.487 e. The Hall–Kier alpha value is -3.97. The fourth-order valence-electron chi connectivity index (χ4n) is 3.25. The number of benzene rings is 2. The maximum absolute atomic E-state index is 12.7. The number of aliphatic hydroxyl groups excluding tert-OH is 1. The molecule has 2 aromatic carbocycles. The third kappa shape index (κ3) is 4.62. The highest BCUT2D eigenvalue weighted by atomic mass is 16.5. The molecule has 0 aliphatic rings. The van der Waals surface area contributed by atoms with Gasteiger partial charge in [-0.15, -0.1) is 0 Å². The number of ketones is 1. The fourth-order valence-corrected chi connectivity index (χ4v) is 3.25. The van der Waals surface area contributed by atoms with Crippen molar-refractivity contribution in [2.45, 2.75) is 12.7 Å². The number of ether oxygens (including phenoxy) is 1. The lowest BCUT2D eigenvalue weighted by Gasteiger charge is -2.11. The van der Waals surface area contributed by atoms with Gasteiger partial charge in [-0.2, -0.15) is 0 Å². The molecule has 2 aromatic heterocycles. The van der Waals surface area contributed by atoms with E-state index in [1.165, 1.54) is 12.4 Å². The predicted octanol–water partition coefficient (Wildman–Crippen LogP) is 3.17. The van der Waals surface area contributed by atoms with Crippen molar-refractivity contribution in [2.24, 2.45) is 0 Å². The Morgan fingerprint density at radius 1 is 1.06 bits per heavy atom. The molecule has 0 aliphatic heterocycles. The lowest BCUT2D eigenvalue weighted by Crippen LogP contribution is -2.34. The number of H-pyrrole nitrogens is 1. The molecule has 156 valence electrons. The highest BCUT2D eigenvalue weighted by Crippen LogP contribution is 2.28. The van der Waals surface area contributed by atoms with E-state index >= 15 is 0 Å². The Kier molecular flexibility index (Phi) is 6.05. The number of Topliss-reactive ketones (excluding diaryl/α,β-unsaturated/α-hetero) is 1. The number of carbonyl (C=O) groups is 2. The van der Waals surface area contributed by atoms with Crippen molar-refractivity contribution in [3.63, 3.8) is 0 Å². The first-order valence-electron chi connectivity index (χ1n) is 9.81. The number of nitrogens with zero attached hydrogens (tertiary/aromatic N) is 1. The van der Waals surface area contributed by atoms with Gasteiger partial charge in [-0.25, -0.2) is 0 Å². The number of hydrogen-bond donors (Lipinski definition) is 3. The quantitative estimate of drug-likeness (QED) is 0.303. The molecule has 0 fully saturated rings. The highest BCUT2D eigenvalue weighted by Gasteiger charge is 2.22. The summed E-state index contributed by atoms with van der Waals surface area (Å²) in [5.41, 5.74) is 2.47. The average Bonchev–Trinajstić information content (AvgIpc) is 3.26. The molecule has 4 rings (SSSR count). The van der Waals surface area contributed by atoms with Gasteiger partial charge < -0.3 is 20.1 Å². The number of para-hydroxylation sites is 1. The number of amides is 1. The van der Waals surface area contributed by atoms with Crippen molar-refractivity contribution in [3.05, 3.63) is 95.9 Å². The van der Waals surface area contributed by atoms with Crippen molar-refractivity contribution < 1.29 is 19.4 Å². The predicted molar refractivity (Wildman–Crippen MR) is 116 cm³/mol. The van der Waals surface area contributed by atoms with E-state index in [0.717, 1.165) is 5.56 Å². The van der Waals surface area contributed by atoms with E-state index in [1.807, 2.05) is 30.3 Å². The number of aliphatic hydroxyl groups is 1. The van der Waals surface area contributed by atoms with Crippen LogP contribution in [-0.4, -0.2) is 33.3 Å². The molecule has 0 saturated carbocycles. The zero-order valence-electron chi connectivity index (χ0n) is 16.6. The topological polar surface area (TPSA) is 104 Å². The maximum atomic E-state index is 12.7. The lowest BCUT2D eigenvalue weighted by molar-refractivity contribution is -0.117. The second-order valence-corrected chi connectivity index (χ2v) is 7.00. The minimum atomic E-state index is -0.952. The molecule has 4 aromatic rings. The standard InChI is InChI=1S/C24H21N3O4/c28-20(17-8-5-11-25-12-17)14-27-24(30)23(29)19-13-26-22-18(19)9-4-10-21(22)31-15-16-6-2-1-3-7-16/h1-13,20,26,28H,14-15H2,(H,27,30)/t20-/m0/s1. The molecule has 7 heteroatoms. The van der Waals surface area contributed by atoms with Gasteiger partial charge in [0.25, 0.3) is 11.7 Å². The van der Waals surface area contributed by atoms with E-state index in [9.17, 15) is 14.7 Å². The first-order chi connectivity index (χ1) is 15.1. The minimum absolute atomic E-state index is 0.0932. The van der Waals surface area contributed by atoms with Gasteiger partial charge in [-0.05, 0) is 17.7 Å². The van der Waals surface area contributed by atoms with Crippen LogP contribution in [0.15, 0.2) is 79.3 Å². The molecule has 0 radical (unpaired) electrons. The number of carbonyl (C=O) groups excluding carboxylic acids is 2. The van der Waals surface area contributed by atoms with Crippen LogP contribution in [0.4, 0.5) is 0 Å². The van der Waals surface area contributed by atoms with E-state index in [2.05, 4.69) is 15.3 Å². The van der Waals surface area contributed by atoms with Crippen LogP contribution < -0.4 is 10.1 Å². The van der Waals surface area contributed by atoms with E-state index < -0.39 is 17.8 Å². The van der Waals surface area contributed by atoms with E-state index in [4.69, 9.17) is 4.74 Å². The van der Waals surface area contributed by atoms with Crippen molar-refractivity contribution in [3.8, 4) is 5.75 Å². The van der Waals surface area contributed by atoms with Gasteiger partial charge in [0, 0.05) is 36.1 Å². The van der Waals surface area contributed by atoms with Crippen LogP contribution in [0.5, 0.6) is 5.75 Å². The number of pyridine rings is 1. The Morgan fingerprint density at radius 2 is 1.90 bits per heavy atom. The van der Waals surface area contributed by atoms with Gasteiger partial charge in [0.2, 0.25) is 0 Å². The summed E-state index contributed by atoms with van der Waals surface area (Å²) in [5.74, 6) is -0.892. The molecule has 0 aliphatic carbocycles. The number of nitrogens with one attached hydrogen (secondary N) is 2. The van der Waals surface area contributed by atoms with Crippen LogP contribution in [0.1, 0.15) is 27.6 Å². The third-order valence-electron chi connectivity index (χ3n) is 4.89. The normalized spacial score (nSPS) is 11.8. The highest BCUT2D eigenvalue weighted by molar-refractivity contribution is 6.45. The van der Waals surface area contributed by atoms with Crippen molar-refractivity contribution >= 4 is 22.6 Å². The molecular formula is C24H21N3O4. The summed E-state index contributed by atoms with van der Waals surface area (Å²) in [4.78, 5) is 32.0. The Morgan fingerprint density at radius 3 is 2.68 bits per heavy atom. The van der Waals surface area contributed by atoms with Crippen LogP contribution in [-0.2, 0) is 11.4 Å². The van der Waals surface area contributed by atoms with Gasteiger partial charge in [0.15, 0.2) is 0 Å². The zero-order chi connectivity index (χ0) is 21.6. The molecule has 1 amide bonds. The molecule has 3 N–H and O–H groups in total. The molecule has 7 nitrogen and oxygen atoms in total. The monoisotopic (exact) mass is 415 g/mol. The summed E-state index contributed by atoms with van der Waals surface area (Å²) >= 11 is 0. The van der Waals surface area contributed by atoms with E-state index in [-0.39, 0.29) is 12.1 Å². The smallest absolute Gasteiger partial charge is 0.292 e. The van der Waals surface area contributed by atoms with Crippen LogP contribution in [0, 0.1) is 0 Å². The van der Waals surface area contributed by atoms with Gasteiger partial charge in [-0.1, -0.05) is 48.5 Å². The van der Waals surface area contributed by atoms with Gasteiger partial charge in [-0.3, -0.25) is 14.6 Å². The fraction of sp³-hybridized carbons (Fsp3) is 0.125. The lowest BCUT2D eigenvalue weighted by atomic mass is 10.1. The molecule has 0 unspecified atom stereocenters. The molecule has 31 heavy (non-hydrogen) atoms. The van der Waals surface area contributed by atoms with Crippen LogP contribution in [0.25, 0.3) is 10.9 Å². The molecule has 0 spiro atoms. The number of aromatic amines is 1. The third-order valence-corrected chi connectivity index (χ3v) is 4.89. The summed E-state index contributed by atoms with van der Waals surface area (Å²) in [6.45, 7) is 0.291. The van der Waals surface area contributed by atoms with Gasteiger partial charge >= 0.3 is 0 Å². The van der Waals surface area contributed by atoms with E-state index in [1.54, 1.807) is 36.5 Å². The number of rotatable bonds is 8. The summed E-state index contributed by atoms with van der Waals surface area (Å²) < 4.78 is 5.90. The van der Waals surface area contributed by atoms with Gasteiger partial charge in [0.1, 0.15) is 12.4 Å². The number of aromatic nitrogens is 2. The molecule has 2 heterocycles. The number of hydrogen-bond acceptors (Lipinski definition) is 5. The molecule has 1 atom stereocenters. The average molecular weight is 415 g/mol. The second kappa shape index (κ2) is 9.23. The van der Waals surface area contributed by atoms with Crippen LogP contribution >= 0.6 is 0 Å². The Bertz CT molecular complexity index is 1190. The zero-order valence-corrected chi connectivity index (χ0v) is 16.6. The number of fused-ring (bicyclic) bond motifs is 1. The van der Waals surface area contributed by atoms with Gasteiger partial charge in [0.05, 0.1) is 17.2 Å². The Labute approximate surface area is 178 Å². The van der Waals surface area contributed by atoms with E-state index in [0.29, 0.717) is 28.8 Å². The summed E-state index contributed by atoms with van der Waals surface area (Å²) in [7, 11) is 0. The Balaban J connectivity index is 1.45. The van der Waals surface area contributed by atoms with Crippen molar-refractivity contribution in [1.29, 1.82) is 0 Å². The molecular weight excluding hydrogens is 394 g/mol. The molecule has 0 saturated heterocycles. The van der Waals surface area contributed by atoms with Crippen molar-refractivity contribution in [1.82, 2.24) is 15.3 Å². The van der Waals surface area contributed by atoms with Crippen molar-refractivity contribution in [2.75, 3.05) is 6.54 Å². The maximum Gasteiger partial charge on any atom is 0.292 e. The first-order valence-corrected chi connectivity index (χ1v) is 9.81. The summed E-state index contributed by atoms with van der Waals surface area (Å²) in [6.07, 6.45) is 3.65. The SMILES string of the molecule is O=C(NC[C@H](O)c1cccnc1)C(=O)c1c[nH]c2c(OCc3ccccc3)cccc12. The van der Waals surface area contributed by atoms with Crippen LogP contribution in [0.2, 0.25) is 0 Å². The second-order valence-electron chi connectivity index (χ2n) is 7.00. The summed E-state index contributed by atoms with van der Waals surface area (Å²) in [5, 5.41) is 13.2. The van der Waals surface area contributed by atoms with Crippen LogP contribution in [0.3, 0.4) is 0 Å². The first kappa shape index (κ1) is 20.3.